The van der Waals surface area contributed by atoms with Crippen molar-refractivity contribution >= 4 is 27.4 Å². The lowest BCUT2D eigenvalue weighted by molar-refractivity contribution is 1.26. The Morgan fingerprint density at radius 1 is 1.31 bits per heavy atom. The maximum atomic E-state index is 5.67. The molecule has 80 valence electrons. The van der Waals surface area contributed by atoms with Crippen LogP contribution >= 0.6 is 11.3 Å². The molecule has 3 aromatic rings. The molecule has 0 bridgehead atoms. The third kappa shape index (κ3) is 1.31. The molecule has 3 nitrogen and oxygen atoms in total. The van der Waals surface area contributed by atoms with Gasteiger partial charge in [-0.1, -0.05) is 18.2 Å². The molecule has 0 saturated carbocycles. The lowest BCUT2D eigenvalue weighted by Crippen LogP contribution is -1.85. The van der Waals surface area contributed by atoms with E-state index in [1.165, 1.54) is 10.1 Å². The summed E-state index contributed by atoms with van der Waals surface area (Å²) in [4.78, 5) is 7.36. The van der Waals surface area contributed by atoms with E-state index in [4.69, 9.17) is 5.73 Å². The number of fused-ring (bicyclic) bond motifs is 1. The fraction of sp³-hybridized carbons (Fsp3) is 0.0833. The summed E-state index contributed by atoms with van der Waals surface area (Å²) in [5, 5.41) is 3.37. The van der Waals surface area contributed by atoms with Crippen molar-refractivity contribution in [3.63, 3.8) is 0 Å². The number of aryl methyl sites for hydroxylation is 1. The summed E-state index contributed by atoms with van der Waals surface area (Å²) in [5.41, 5.74) is 8.79. The normalized spacial score (nSPS) is 11.1. The van der Waals surface area contributed by atoms with Crippen molar-refractivity contribution < 1.29 is 0 Å². The minimum absolute atomic E-state index is 0.475. The Hall–Kier alpha value is -1.81. The molecule has 0 amide bonds. The van der Waals surface area contributed by atoms with E-state index in [0.717, 1.165) is 17.0 Å². The molecule has 16 heavy (non-hydrogen) atoms. The number of anilines is 1. The molecule has 3 N–H and O–H groups in total. The molecular weight excluding hydrogens is 218 g/mol. The van der Waals surface area contributed by atoms with Crippen LogP contribution in [0.3, 0.4) is 0 Å². The van der Waals surface area contributed by atoms with Gasteiger partial charge in [0.05, 0.1) is 5.69 Å². The quantitative estimate of drug-likeness (QED) is 0.673. The zero-order chi connectivity index (χ0) is 11.1. The van der Waals surface area contributed by atoms with E-state index in [1.807, 2.05) is 19.1 Å². The van der Waals surface area contributed by atoms with Gasteiger partial charge in [-0.15, -0.1) is 11.3 Å². The molecule has 0 radical (unpaired) electrons. The highest BCUT2D eigenvalue weighted by Crippen LogP contribution is 2.34. The Kier molecular flexibility index (Phi) is 1.97. The monoisotopic (exact) mass is 229 g/mol. The van der Waals surface area contributed by atoms with Gasteiger partial charge in [0.1, 0.15) is 0 Å². The van der Waals surface area contributed by atoms with Crippen LogP contribution in [0.15, 0.2) is 29.6 Å². The number of hydrogen-bond acceptors (Lipinski definition) is 3. The number of benzene rings is 1. The Balaban J connectivity index is 2.30. The first-order valence-corrected chi connectivity index (χ1v) is 5.92. The first kappa shape index (κ1) is 9.42. The fourth-order valence-corrected chi connectivity index (χ4v) is 2.85. The maximum Gasteiger partial charge on any atom is 0.198 e. The lowest BCUT2D eigenvalue weighted by atomic mass is 10.1. The van der Waals surface area contributed by atoms with Crippen LogP contribution in [-0.2, 0) is 0 Å². The Labute approximate surface area is 96.9 Å². The number of nitrogen functional groups attached to an aromatic ring is 1. The lowest BCUT2D eigenvalue weighted by Gasteiger charge is -1.95. The number of nitrogens with zero attached hydrogens (tertiary/aromatic N) is 1. The van der Waals surface area contributed by atoms with Crippen molar-refractivity contribution in [2.45, 2.75) is 6.92 Å². The predicted molar refractivity (Wildman–Crippen MR) is 68.6 cm³/mol. The largest absolute Gasteiger partial charge is 0.369 e. The van der Waals surface area contributed by atoms with Crippen molar-refractivity contribution in [2.75, 3.05) is 5.73 Å². The van der Waals surface area contributed by atoms with Gasteiger partial charge in [0, 0.05) is 26.7 Å². The van der Waals surface area contributed by atoms with Gasteiger partial charge >= 0.3 is 0 Å². The van der Waals surface area contributed by atoms with E-state index in [0.29, 0.717) is 5.95 Å². The molecule has 4 heteroatoms. The highest BCUT2D eigenvalue weighted by Gasteiger charge is 2.11. The van der Waals surface area contributed by atoms with Crippen molar-refractivity contribution in [1.29, 1.82) is 0 Å². The highest BCUT2D eigenvalue weighted by atomic mass is 32.1. The van der Waals surface area contributed by atoms with E-state index in [-0.39, 0.29) is 0 Å². The molecule has 0 fully saturated rings. The number of hydrogen-bond donors (Lipinski definition) is 2. The van der Waals surface area contributed by atoms with Gasteiger partial charge in [0.2, 0.25) is 0 Å². The Bertz CT molecular complexity index is 651. The summed E-state index contributed by atoms with van der Waals surface area (Å²) in [6.45, 7) is 1.99. The van der Waals surface area contributed by atoms with Crippen LogP contribution in [0, 0.1) is 6.92 Å². The number of rotatable bonds is 1. The van der Waals surface area contributed by atoms with Crippen molar-refractivity contribution in [3.8, 4) is 11.3 Å². The third-order valence-electron chi connectivity index (χ3n) is 2.64. The number of imidazole rings is 1. The van der Waals surface area contributed by atoms with Crippen LogP contribution in [0.5, 0.6) is 0 Å². The van der Waals surface area contributed by atoms with Crippen LogP contribution in [0.1, 0.15) is 5.69 Å². The van der Waals surface area contributed by atoms with Gasteiger partial charge in [-0.2, -0.15) is 0 Å². The minimum Gasteiger partial charge on any atom is -0.369 e. The Morgan fingerprint density at radius 3 is 2.88 bits per heavy atom. The van der Waals surface area contributed by atoms with Crippen LogP contribution < -0.4 is 5.73 Å². The second-order valence-corrected chi connectivity index (χ2v) is 4.65. The average molecular weight is 229 g/mol. The molecule has 0 aliphatic rings. The Morgan fingerprint density at radius 2 is 2.12 bits per heavy atom. The first-order valence-electron chi connectivity index (χ1n) is 5.04. The van der Waals surface area contributed by atoms with Crippen molar-refractivity contribution in [1.82, 2.24) is 9.97 Å². The molecule has 0 saturated heterocycles. The molecule has 3 rings (SSSR count). The predicted octanol–water partition coefficient (Wildman–Crippen LogP) is 3.18. The standard InChI is InChI=1S/C12H11N3S/c1-7-11(15-12(13)14-7)9-6-16-10-5-3-2-4-8(9)10/h2-6H,1H3,(H3,13,14,15). The van der Waals surface area contributed by atoms with Crippen LogP contribution in [-0.4, -0.2) is 9.97 Å². The first-order chi connectivity index (χ1) is 7.75. The summed E-state index contributed by atoms with van der Waals surface area (Å²) in [7, 11) is 0. The maximum absolute atomic E-state index is 5.67. The highest BCUT2D eigenvalue weighted by molar-refractivity contribution is 7.17. The molecule has 2 aromatic heterocycles. The zero-order valence-electron chi connectivity index (χ0n) is 8.82. The number of aromatic amines is 1. The molecular formula is C12H11N3S. The van der Waals surface area contributed by atoms with E-state index < -0.39 is 0 Å². The van der Waals surface area contributed by atoms with Crippen LogP contribution in [0.2, 0.25) is 0 Å². The summed E-state index contributed by atoms with van der Waals surface area (Å²) in [6, 6.07) is 8.33. The molecule has 0 aliphatic carbocycles. The van der Waals surface area contributed by atoms with Crippen molar-refractivity contribution in [2.24, 2.45) is 0 Å². The van der Waals surface area contributed by atoms with Crippen LogP contribution in [0.25, 0.3) is 21.3 Å². The number of nitrogens with one attached hydrogen (secondary N) is 1. The summed E-state index contributed by atoms with van der Waals surface area (Å²) < 4.78 is 1.28. The molecule has 1 aromatic carbocycles. The summed E-state index contributed by atoms with van der Waals surface area (Å²) in [6.07, 6.45) is 0. The minimum atomic E-state index is 0.475. The topological polar surface area (TPSA) is 54.7 Å². The number of nitrogens with two attached hydrogens (primary N) is 1. The summed E-state index contributed by atoms with van der Waals surface area (Å²) >= 11 is 1.73. The second kappa shape index (κ2) is 3.35. The van der Waals surface area contributed by atoms with E-state index in [1.54, 1.807) is 11.3 Å². The third-order valence-corrected chi connectivity index (χ3v) is 3.60. The zero-order valence-corrected chi connectivity index (χ0v) is 9.64. The SMILES string of the molecule is Cc1[nH]c(N)nc1-c1csc2ccccc12. The van der Waals surface area contributed by atoms with Gasteiger partial charge in [-0.3, -0.25) is 0 Å². The fourth-order valence-electron chi connectivity index (χ4n) is 1.91. The molecule has 0 aliphatic heterocycles. The van der Waals surface area contributed by atoms with E-state index in [9.17, 15) is 0 Å². The van der Waals surface area contributed by atoms with Gasteiger partial charge in [0.25, 0.3) is 0 Å². The summed E-state index contributed by atoms with van der Waals surface area (Å²) in [5.74, 6) is 0.475. The number of aromatic nitrogens is 2. The average Bonchev–Trinajstić information content (AvgIpc) is 2.81. The molecule has 0 atom stereocenters. The number of thiophene rings is 1. The molecule has 2 heterocycles. The second-order valence-electron chi connectivity index (χ2n) is 3.74. The smallest absolute Gasteiger partial charge is 0.198 e. The van der Waals surface area contributed by atoms with E-state index in [2.05, 4.69) is 27.5 Å². The van der Waals surface area contributed by atoms with Crippen molar-refractivity contribution in [3.05, 3.63) is 35.3 Å². The molecule has 0 spiro atoms. The van der Waals surface area contributed by atoms with Crippen LogP contribution in [0.4, 0.5) is 5.95 Å². The van der Waals surface area contributed by atoms with Gasteiger partial charge in [-0.25, -0.2) is 4.98 Å². The molecule has 0 unspecified atom stereocenters. The van der Waals surface area contributed by atoms with E-state index >= 15 is 0 Å². The van der Waals surface area contributed by atoms with Gasteiger partial charge in [-0.05, 0) is 13.0 Å². The van der Waals surface area contributed by atoms with Gasteiger partial charge in [0.15, 0.2) is 5.95 Å². The number of H-pyrrole nitrogens is 1. The van der Waals surface area contributed by atoms with Gasteiger partial charge < -0.3 is 10.7 Å².